The molecule has 2 saturated heterocycles. The molecule has 0 aliphatic carbocycles. The van der Waals surface area contributed by atoms with Gasteiger partial charge in [0, 0.05) is 62.4 Å². The van der Waals surface area contributed by atoms with Crippen LogP contribution in [0.25, 0.3) is 0 Å². The van der Waals surface area contributed by atoms with E-state index in [1.54, 1.807) is 0 Å². The fourth-order valence-corrected chi connectivity index (χ4v) is 3.82. The highest BCUT2D eigenvalue weighted by Gasteiger charge is 2.17. The molecule has 27 heavy (non-hydrogen) atoms. The number of hydrogen-bond acceptors (Lipinski definition) is 6. The summed E-state index contributed by atoms with van der Waals surface area (Å²) in [5.41, 5.74) is 3.38. The number of hydrogen-bond donors (Lipinski definition) is 1. The van der Waals surface area contributed by atoms with Crippen molar-refractivity contribution < 1.29 is 0 Å². The molecule has 144 valence electrons. The van der Waals surface area contributed by atoms with E-state index in [1.807, 2.05) is 13.0 Å². The molecule has 2 fully saturated rings. The number of rotatable bonds is 4. The molecule has 6 heteroatoms. The Morgan fingerprint density at radius 1 is 0.815 bits per heavy atom. The molecule has 0 radical (unpaired) electrons. The Bertz CT molecular complexity index is 746. The highest BCUT2D eigenvalue weighted by atomic mass is 15.3. The van der Waals surface area contributed by atoms with Crippen molar-refractivity contribution in [2.45, 2.75) is 26.2 Å². The van der Waals surface area contributed by atoms with E-state index in [9.17, 15) is 0 Å². The summed E-state index contributed by atoms with van der Waals surface area (Å²) < 4.78 is 0. The van der Waals surface area contributed by atoms with Crippen LogP contribution in [0.2, 0.25) is 0 Å². The first-order chi connectivity index (χ1) is 13.2. The zero-order valence-electron chi connectivity index (χ0n) is 16.5. The van der Waals surface area contributed by atoms with Gasteiger partial charge in [-0.3, -0.25) is 0 Å². The second-order valence-corrected chi connectivity index (χ2v) is 7.70. The van der Waals surface area contributed by atoms with Crippen LogP contribution >= 0.6 is 0 Å². The molecule has 6 nitrogen and oxygen atoms in total. The predicted molar refractivity (Wildman–Crippen MR) is 112 cm³/mol. The highest BCUT2D eigenvalue weighted by molar-refractivity contribution is 5.62. The van der Waals surface area contributed by atoms with E-state index >= 15 is 0 Å². The van der Waals surface area contributed by atoms with E-state index in [4.69, 9.17) is 4.98 Å². The van der Waals surface area contributed by atoms with Crippen LogP contribution in [-0.4, -0.2) is 61.2 Å². The van der Waals surface area contributed by atoms with Gasteiger partial charge in [-0.05, 0) is 57.5 Å². The van der Waals surface area contributed by atoms with Gasteiger partial charge in [-0.15, -0.1) is 0 Å². The summed E-state index contributed by atoms with van der Waals surface area (Å²) in [5.74, 6) is 1.69. The van der Waals surface area contributed by atoms with Crippen LogP contribution in [0.1, 0.15) is 25.0 Å². The maximum absolute atomic E-state index is 4.76. The summed E-state index contributed by atoms with van der Waals surface area (Å²) >= 11 is 0. The van der Waals surface area contributed by atoms with Gasteiger partial charge in [-0.2, -0.15) is 4.98 Å². The molecule has 0 saturated carbocycles. The summed E-state index contributed by atoms with van der Waals surface area (Å²) in [6.45, 7) is 8.44. The number of aromatic nitrogens is 2. The Kier molecular flexibility index (Phi) is 5.43. The van der Waals surface area contributed by atoms with Gasteiger partial charge < -0.3 is 20.0 Å². The molecule has 0 bridgehead atoms. The molecule has 1 N–H and O–H groups in total. The number of likely N-dealkylation sites (N-methyl/N-ethyl adjacent to an activating group) is 1. The normalized spacial score (nSPS) is 18.6. The Balaban J connectivity index is 1.45. The molecule has 0 unspecified atom stereocenters. The third kappa shape index (κ3) is 4.50. The molecule has 2 aromatic rings. The van der Waals surface area contributed by atoms with Gasteiger partial charge in [-0.25, -0.2) is 4.98 Å². The second-order valence-electron chi connectivity index (χ2n) is 7.70. The van der Waals surface area contributed by atoms with E-state index in [2.05, 4.69) is 56.3 Å². The van der Waals surface area contributed by atoms with Crippen LogP contribution in [-0.2, 0) is 0 Å². The number of benzene rings is 1. The molecule has 1 aromatic heterocycles. The lowest BCUT2D eigenvalue weighted by molar-refractivity contribution is 0.311. The summed E-state index contributed by atoms with van der Waals surface area (Å²) in [6, 6.07) is 10.7. The van der Waals surface area contributed by atoms with Crippen LogP contribution in [0.4, 0.5) is 23.1 Å². The first-order valence-corrected chi connectivity index (χ1v) is 10.1. The zero-order valence-corrected chi connectivity index (χ0v) is 16.5. The smallest absolute Gasteiger partial charge is 0.227 e. The minimum Gasteiger partial charge on any atom is -0.372 e. The van der Waals surface area contributed by atoms with Gasteiger partial charge in [0.2, 0.25) is 5.95 Å². The highest BCUT2D eigenvalue weighted by Crippen LogP contribution is 2.24. The molecule has 4 rings (SSSR count). The van der Waals surface area contributed by atoms with Gasteiger partial charge in [0.15, 0.2) is 0 Å². The topological polar surface area (TPSA) is 47.5 Å². The monoisotopic (exact) mass is 366 g/mol. The fraction of sp³-hybridized carbons (Fsp3) is 0.524. The summed E-state index contributed by atoms with van der Waals surface area (Å²) in [4.78, 5) is 16.5. The van der Waals surface area contributed by atoms with Crippen molar-refractivity contribution in [2.24, 2.45) is 0 Å². The number of piperidine rings is 1. The third-order valence-electron chi connectivity index (χ3n) is 5.49. The molecule has 3 heterocycles. The summed E-state index contributed by atoms with van der Waals surface area (Å²) in [6.07, 6.45) is 3.96. The lowest BCUT2D eigenvalue weighted by atomic mass is 10.1. The van der Waals surface area contributed by atoms with Crippen molar-refractivity contribution in [1.82, 2.24) is 14.9 Å². The first kappa shape index (κ1) is 18.0. The standard InChI is InChI=1S/C21H30N6/c1-17-16-20(24-21(22-17)27-14-12-25(2)13-15-27)23-18-6-8-19(9-7-18)26-10-4-3-5-11-26/h6-9,16H,3-5,10-15H2,1-2H3,(H,22,23,24). The Labute approximate surface area is 162 Å². The largest absolute Gasteiger partial charge is 0.372 e. The van der Waals surface area contributed by atoms with Crippen LogP contribution in [0.5, 0.6) is 0 Å². The second kappa shape index (κ2) is 8.13. The molecular weight excluding hydrogens is 336 g/mol. The Morgan fingerprint density at radius 2 is 1.52 bits per heavy atom. The van der Waals surface area contributed by atoms with Crippen molar-refractivity contribution in [3.05, 3.63) is 36.0 Å². The number of nitrogens with one attached hydrogen (secondary N) is 1. The average Bonchev–Trinajstić information content (AvgIpc) is 2.69. The van der Waals surface area contributed by atoms with Gasteiger partial charge in [0.05, 0.1) is 0 Å². The average molecular weight is 367 g/mol. The Hall–Kier alpha value is -2.34. The minimum atomic E-state index is 0.829. The molecule has 0 atom stereocenters. The van der Waals surface area contributed by atoms with Gasteiger partial charge in [0.1, 0.15) is 5.82 Å². The summed E-state index contributed by atoms with van der Waals surface area (Å²) in [5, 5.41) is 3.46. The first-order valence-electron chi connectivity index (χ1n) is 10.1. The number of anilines is 4. The van der Waals surface area contributed by atoms with Crippen molar-refractivity contribution in [1.29, 1.82) is 0 Å². The minimum absolute atomic E-state index is 0.829. The number of aryl methyl sites for hydroxylation is 1. The van der Waals surface area contributed by atoms with E-state index in [1.165, 1.54) is 38.0 Å². The Morgan fingerprint density at radius 3 is 2.22 bits per heavy atom. The maximum atomic E-state index is 4.76. The maximum Gasteiger partial charge on any atom is 0.227 e. The van der Waals surface area contributed by atoms with E-state index in [-0.39, 0.29) is 0 Å². The van der Waals surface area contributed by atoms with Crippen molar-refractivity contribution in [3.8, 4) is 0 Å². The molecule has 0 spiro atoms. The van der Waals surface area contributed by atoms with Crippen molar-refractivity contribution >= 4 is 23.1 Å². The van der Waals surface area contributed by atoms with E-state index in [0.29, 0.717) is 0 Å². The fourth-order valence-electron chi connectivity index (χ4n) is 3.82. The molecule has 2 aliphatic rings. The van der Waals surface area contributed by atoms with Gasteiger partial charge in [0.25, 0.3) is 0 Å². The lowest BCUT2D eigenvalue weighted by Crippen LogP contribution is -2.45. The third-order valence-corrected chi connectivity index (χ3v) is 5.49. The number of piperazine rings is 1. The van der Waals surface area contributed by atoms with Crippen molar-refractivity contribution in [3.63, 3.8) is 0 Å². The van der Waals surface area contributed by atoms with Crippen LogP contribution in [0, 0.1) is 6.92 Å². The van der Waals surface area contributed by atoms with Gasteiger partial charge >= 0.3 is 0 Å². The molecule has 2 aliphatic heterocycles. The van der Waals surface area contributed by atoms with E-state index in [0.717, 1.165) is 49.3 Å². The SMILES string of the molecule is Cc1cc(Nc2ccc(N3CCCCC3)cc2)nc(N2CCN(C)CC2)n1. The van der Waals surface area contributed by atoms with Crippen LogP contribution < -0.4 is 15.1 Å². The predicted octanol–water partition coefficient (Wildman–Crippen LogP) is 3.27. The van der Waals surface area contributed by atoms with Crippen LogP contribution in [0.15, 0.2) is 30.3 Å². The van der Waals surface area contributed by atoms with E-state index < -0.39 is 0 Å². The molecular formula is C21H30N6. The van der Waals surface area contributed by atoms with Crippen LogP contribution in [0.3, 0.4) is 0 Å². The lowest BCUT2D eigenvalue weighted by Gasteiger charge is -2.32. The summed E-state index contributed by atoms with van der Waals surface area (Å²) in [7, 11) is 2.16. The molecule has 1 aromatic carbocycles. The quantitative estimate of drug-likeness (QED) is 0.896. The van der Waals surface area contributed by atoms with Gasteiger partial charge in [-0.1, -0.05) is 0 Å². The number of nitrogens with zero attached hydrogens (tertiary/aromatic N) is 5. The van der Waals surface area contributed by atoms with Crippen molar-refractivity contribution in [2.75, 3.05) is 61.4 Å². The molecule has 0 amide bonds. The zero-order chi connectivity index (χ0) is 18.6.